The minimum absolute atomic E-state index is 0.354. The van der Waals surface area contributed by atoms with Gasteiger partial charge in [-0.1, -0.05) is 0 Å². The summed E-state index contributed by atoms with van der Waals surface area (Å²) in [6.45, 7) is 1.13. The Morgan fingerprint density at radius 1 is 1.20 bits per heavy atom. The summed E-state index contributed by atoms with van der Waals surface area (Å²) in [5.74, 6) is -2.74. The maximum absolute atomic E-state index is 10.0. The molecule has 0 aliphatic heterocycles. The molecule has 0 spiro atoms. The Bertz CT molecular complexity index is 184. The van der Waals surface area contributed by atoms with Crippen LogP contribution in [-0.2, 0) is 9.59 Å². The minimum atomic E-state index is -1.42. The summed E-state index contributed by atoms with van der Waals surface area (Å²) in [5.41, 5.74) is 3.87. The third-order valence-corrected chi connectivity index (χ3v) is 0.955. The Morgan fingerprint density at radius 2 is 1.60 bits per heavy atom. The molecule has 0 aromatic carbocycles. The van der Waals surface area contributed by atoms with Gasteiger partial charge in [0.1, 0.15) is 5.70 Å². The van der Waals surface area contributed by atoms with Crippen molar-refractivity contribution in [3.8, 4) is 0 Å². The molecule has 0 rings (SSSR count). The van der Waals surface area contributed by atoms with Gasteiger partial charge in [0.25, 0.3) is 0 Å². The van der Waals surface area contributed by atoms with E-state index in [1.54, 1.807) is 0 Å². The molecular weight excluding hydrogens is 138 g/mol. The van der Waals surface area contributed by atoms with Crippen LogP contribution in [0.15, 0.2) is 11.3 Å². The maximum Gasteiger partial charge on any atom is 0.352 e. The lowest BCUT2D eigenvalue weighted by Crippen LogP contribution is -2.16. The molecule has 0 aromatic rings. The topological polar surface area (TPSA) is 101 Å². The zero-order valence-corrected chi connectivity index (χ0v) is 5.29. The van der Waals surface area contributed by atoms with Crippen LogP contribution in [0.3, 0.4) is 0 Å². The molecule has 0 unspecified atom stereocenters. The molecule has 0 bridgehead atoms. The summed E-state index contributed by atoms with van der Waals surface area (Å²) in [4.78, 5) is 20.0. The number of carboxylic acid groups (broad SMARTS) is 2. The summed E-state index contributed by atoms with van der Waals surface area (Å²) in [6, 6.07) is 0. The van der Waals surface area contributed by atoms with Gasteiger partial charge in [0.15, 0.2) is 0 Å². The van der Waals surface area contributed by atoms with Crippen molar-refractivity contribution in [2.24, 2.45) is 5.73 Å². The van der Waals surface area contributed by atoms with Gasteiger partial charge < -0.3 is 15.9 Å². The monoisotopic (exact) mass is 145 g/mol. The second-order valence-corrected chi connectivity index (χ2v) is 1.65. The minimum Gasteiger partial charge on any atom is -0.478 e. The van der Waals surface area contributed by atoms with Crippen LogP contribution in [0.2, 0.25) is 0 Å². The van der Waals surface area contributed by atoms with Gasteiger partial charge >= 0.3 is 11.9 Å². The van der Waals surface area contributed by atoms with Crippen LogP contribution in [0.4, 0.5) is 0 Å². The summed E-state index contributed by atoms with van der Waals surface area (Å²) in [5, 5.41) is 16.4. The molecule has 5 nitrogen and oxygen atoms in total. The van der Waals surface area contributed by atoms with Crippen molar-refractivity contribution >= 4 is 11.9 Å². The van der Waals surface area contributed by atoms with Crippen molar-refractivity contribution in [1.82, 2.24) is 0 Å². The molecule has 56 valence electrons. The van der Waals surface area contributed by atoms with E-state index in [-0.39, 0.29) is 5.57 Å². The van der Waals surface area contributed by atoms with Crippen LogP contribution in [-0.4, -0.2) is 22.2 Å². The second kappa shape index (κ2) is 2.86. The van der Waals surface area contributed by atoms with Gasteiger partial charge in [-0.15, -0.1) is 0 Å². The molecule has 0 aliphatic rings. The first-order valence-corrected chi connectivity index (χ1v) is 2.39. The van der Waals surface area contributed by atoms with Gasteiger partial charge in [-0.2, -0.15) is 0 Å². The van der Waals surface area contributed by atoms with E-state index in [4.69, 9.17) is 15.9 Å². The van der Waals surface area contributed by atoms with Gasteiger partial charge in [-0.05, 0) is 6.92 Å². The Morgan fingerprint density at radius 3 is 1.70 bits per heavy atom. The molecular formula is C5H7NO4. The summed E-state index contributed by atoms with van der Waals surface area (Å²) >= 11 is 0. The average molecular weight is 145 g/mol. The van der Waals surface area contributed by atoms with Gasteiger partial charge in [0.05, 0.1) is 5.57 Å². The van der Waals surface area contributed by atoms with Crippen molar-refractivity contribution in [3.63, 3.8) is 0 Å². The van der Waals surface area contributed by atoms with Gasteiger partial charge in [0.2, 0.25) is 0 Å². The van der Waals surface area contributed by atoms with Crippen molar-refractivity contribution in [2.75, 3.05) is 0 Å². The number of carboxylic acids is 2. The van der Waals surface area contributed by atoms with Gasteiger partial charge in [-0.25, -0.2) is 9.59 Å². The van der Waals surface area contributed by atoms with Crippen molar-refractivity contribution < 1.29 is 19.8 Å². The predicted molar refractivity (Wildman–Crippen MR) is 32.2 cm³/mol. The molecule has 0 amide bonds. The number of carbonyl (C=O) groups is 2. The van der Waals surface area contributed by atoms with Crippen molar-refractivity contribution in [3.05, 3.63) is 11.3 Å². The number of hydrogen-bond acceptors (Lipinski definition) is 3. The van der Waals surface area contributed by atoms with Crippen LogP contribution < -0.4 is 5.73 Å². The Kier molecular flexibility index (Phi) is 2.43. The molecule has 5 heteroatoms. The van der Waals surface area contributed by atoms with Crippen LogP contribution in [0.1, 0.15) is 6.92 Å². The van der Waals surface area contributed by atoms with E-state index in [0.717, 1.165) is 6.92 Å². The fourth-order valence-corrected chi connectivity index (χ4v) is 0.276. The van der Waals surface area contributed by atoms with E-state index in [9.17, 15) is 9.59 Å². The van der Waals surface area contributed by atoms with Crippen molar-refractivity contribution in [1.29, 1.82) is 0 Å². The quantitative estimate of drug-likeness (QED) is 0.450. The second-order valence-electron chi connectivity index (χ2n) is 1.65. The van der Waals surface area contributed by atoms with E-state index in [1.807, 2.05) is 0 Å². The number of nitrogens with two attached hydrogens (primary N) is 1. The molecule has 10 heavy (non-hydrogen) atoms. The molecule has 0 fully saturated rings. The highest BCUT2D eigenvalue weighted by atomic mass is 16.4. The summed E-state index contributed by atoms with van der Waals surface area (Å²) < 4.78 is 0. The van der Waals surface area contributed by atoms with Crippen LogP contribution in [0, 0.1) is 0 Å². The van der Waals surface area contributed by atoms with Crippen LogP contribution in [0.5, 0.6) is 0 Å². The largest absolute Gasteiger partial charge is 0.478 e. The molecule has 0 saturated carbocycles. The van der Waals surface area contributed by atoms with E-state index >= 15 is 0 Å². The van der Waals surface area contributed by atoms with Gasteiger partial charge in [0, 0.05) is 0 Å². The molecule has 0 heterocycles. The Balaban J connectivity index is 4.67. The van der Waals surface area contributed by atoms with Crippen LogP contribution in [0.25, 0.3) is 0 Å². The molecule has 0 saturated heterocycles. The molecule has 0 aromatic heterocycles. The van der Waals surface area contributed by atoms with E-state index in [2.05, 4.69) is 0 Å². The lowest BCUT2D eigenvalue weighted by atomic mass is 10.2. The van der Waals surface area contributed by atoms with E-state index in [1.165, 1.54) is 0 Å². The first kappa shape index (κ1) is 8.48. The van der Waals surface area contributed by atoms with E-state index in [0.29, 0.717) is 0 Å². The molecule has 0 atom stereocenters. The molecule has 0 aliphatic carbocycles. The zero-order chi connectivity index (χ0) is 8.31. The fourth-order valence-electron chi connectivity index (χ4n) is 0.276. The predicted octanol–water partition coefficient (Wildman–Crippen LogP) is -0.612. The average Bonchev–Trinajstić information content (AvgIpc) is 1.84. The SMILES string of the molecule is C/C(C(=O)O)=C(\N)C(=O)O. The smallest absolute Gasteiger partial charge is 0.352 e. The zero-order valence-electron chi connectivity index (χ0n) is 5.29. The highest BCUT2D eigenvalue weighted by molar-refractivity contribution is 5.97. The first-order valence-electron chi connectivity index (χ1n) is 2.39. The standard InChI is InChI=1S/C5H7NO4/c1-2(4(7)8)3(6)5(9)10/h6H2,1H3,(H,7,8)(H,9,10)/b3-2+. The third kappa shape index (κ3) is 1.77. The summed E-state index contributed by atoms with van der Waals surface area (Å²) in [7, 11) is 0. The molecule has 4 N–H and O–H groups in total. The Labute approximate surface area is 56.8 Å². The highest BCUT2D eigenvalue weighted by Gasteiger charge is 2.11. The maximum atomic E-state index is 10.0. The van der Waals surface area contributed by atoms with Crippen molar-refractivity contribution in [2.45, 2.75) is 6.92 Å². The fraction of sp³-hybridized carbons (Fsp3) is 0.200. The number of rotatable bonds is 2. The highest BCUT2D eigenvalue weighted by Crippen LogP contribution is 1.96. The summed E-state index contributed by atoms with van der Waals surface area (Å²) in [6.07, 6.45) is 0. The first-order chi connectivity index (χ1) is 4.46. The molecule has 0 radical (unpaired) electrons. The third-order valence-electron chi connectivity index (χ3n) is 0.955. The lowest BCUT2D eigenvalue weighted by molar-refractivity contribution is -0.135. The number of aliphatic carboxylic acids is 2. The van der Waals surface area contributed by atoms with Gasteiger partial charge in [-0.3, -0.25) is 0 Å². The lowest BCUT2D eigenvalue weighted by Gasteiger charge is -1.95. The Hall–Kier alpha value is -1.52. The normalized spacial score (nSPS) is 12.1. The number of hydrogen-bond donors (Lipinski definition) is 3. The van der Waals surface area contributed by atoms with Crippen LogP contribution >= 0.6 is 0 Å². The van der Waals surface area contributed by atoms with E-state index < -0.39 is 17.6 Å².